The lowest BCUT2D eigenvalue weighted by Crippen LogP contribution is -2.20. The number of hydrogen-bond donors (Lipinski definition) is 0. The van der Waals surface area contributed by atoms with E-state index in [-0.39, 0.29) is 22.9 Å². The second-order valence-electron chi connectivity index (χ2n) is 7.55. The number of esters is 1. The largest absolute Gasteiger partial charge is 0.460 e. The summed E-state index contributed by atoms with van der Waals surface area (Å²) in [5.41, 5.74) is -0.701. The molecule has 0 aliphatic heterocycles. The van der Waals surface area contributed by atoms with Crippen LogP contribution >= 0.6 is 0 Å². The summed E-state index contributed by atoms with van der Waals surface area (Å²) in [7, 11) is 0. The van der Waals surface area contributed by atoms with Gasteiger partial charge in [-0.1, -0.05) is 20.8 Å². The van der Waals surface area contributed by atoms with Crippen molar-refractivity contribution in [2.45, 2.75) is 60.0 Å². The molecule has 0 fully saturated rings. The number of carbonyl (C=O) groups excluding carboxylic acids is 2. The van der Waals surface area contributed by atoms with Gasteiger partial charge in [0.25, 0.3) is 0 Å². The zero-order chi connectivity index (χ0) is 17.7. The molecule has 0 bridgehead atoms. The minimum absolute atomic E-state index is 0.0588. The molecule has 1 heterocycles. The molecule has 0 radical (unpaired) electrons. The molecule has 5 heteroatoms. The molecule has 0 aromatic carbocycles. The van der Waals surface area contributed by atoms with Crippen molar-refractivity contribution < 1.29 is 23.5 Å². The number of ether oxygens (including phenoxy) is 2. The van der Waals surface area contributed by atoms with Crippen LogP contribution < -0.4 is 0 Å². The zero-order valence-electron chi connectivity index (χ0n) is 15.0. The molecule has 0 aliphatic carbocycles. The summed E-state index contributed by atoms with van der Waals surface area (Å²) in [5.74, 6) is -0.447. The van der Waals surface area contributed by atoms with Crippen molar-refractivity contribution in [3.8, 4) is 0 Å². The number of hydrogen-bond acceptors (Lipinski definition) is 5. The molecule has 0 saturated heterocycles. The molecule has 23 heavy (non-hydrogen) atoms. The van der Waals surface area contributed by atoms with Gasteiger partial charge in [0.15, 0.2) is 5.76 Å². The van der Waals surface area contributed by atoms with E-state index in [9.17, 15) is 9.59 Å². The first-order valence-corrected chi connectivity index (χ1v) is 7.96. The van der Waals surface area contributed by atoms with Gasteiger partial charge in [-0.05, 0) is 45.7 Å². The highest BCUT2D eigenvalue weighted by atomic mass is 16.5. The van der Waals surface area contributed by atoms with Gasteiger partial charge in [-0.3, -0.25) is 4.79 Å². The van der Waals surface area contributed by atoms with Crippen molar-refractivity contribution in [3.63, 3.8) is 0 Å². The Labute approximate surface area is 138 Å². The first-order chi connectivity index (χ1) is 10.5. The summed E-state index contributed by atoms with van der Waals surface area (Å²) >= 11 is 0. The van der Waals surface area contributed by atoms with Gasteiger partial charge < -0.3 is 13.9 Å². The molecule has 0 unspecified atom stereocenters. The normalized spacial score (nSPS) is 12.3. The predicted octanol–water partition coefficient (Wildman–Crippen LogP) is 4.26. The zero-order valence-corrected chi connectivity index (χ0v) is 15.0. The molecule has 1 aromatic heterocycles. The molecule has 0 aliphatic rings. The van der Waals surface area contributed by atoms with Gasteiger partial charge in [0.1, 0.15) is 0 Å². The minimum Gasteiger partial charge on any atom is -0.460 e. The lowest BCUT2D eigenvalue weighted by atomic mass is 9.89. The van der Waals surface area contributed by atoms with E-state index >= 15 is 0 Å². The molecule has 0 spiro atoms. The van der Waals surface area contributed by atoms with Gasteiger partial charge in [0.2, 0.25) is 11.5 Å². The van der Waals surface area contributed by atoms with E-state index in [1.807, 2.05) is 20.8 Å². The Morgan fingerprint density at radius 2 is 1.52 bits per heavy atom. The quantitative estimate of drug-likeness (QED) is 0.426. The average Bonchev–Trinajstić information content (AvgIpc) is 2.88. The molecule has 5 nitrogen and oxygen atoms in total. The molecule has 130 valence electrons. The second-order valence-corrected chi connectivity index (χ2v) is 7.55. The van der Waals surface area contributed by atoms with Gasteiger partial charge in [0, 0.05) is 12.0 Å². The Bertz CT molecular complexity index is 528. The third-order valence-corrected chi connectivity index (χ3v) is 3.02. The SMILES string of the molecule is CC(C)(C)OCCCCOC(=O)c1ccc(C(=O)C(C)(C)C)o1. The minimum atomic E-state index is -0.550. The third-order valence-electron chi connectivity index (χ3n) is 3.02. The van der Waals surface area contributed by atoms with Crippen LogP contribution in [-0.2, 0) is 9.47 Å². The van der Waals surface area contributed by atoms with E-state index in [0.29, 0.717) is 13.2 Å². The lowest BCUT2D eigenvalue weighted by molar-refractivity contribution is -0.00705. The number of Topliss-reactive ketones (excluding diaryl/α,β-unsaturated/α-hetero) is 1. The molecular weight excluding hydrogens is 296 g/mol. The number of furan rings is 1. The smallest absolute Gasteiger partial charge is 0.374 e. The van der Waals surface area contributed by atoms with Gasteiger partial charge in [0.05, 0.1) is 12.2 Å². The van der Waals surface area contributed by atoms with Crippen LogP contribution in [0.3, 0.4) is 0 Å². The van der Waals surface area contributed by atoms with Gasteiger partial charge in [-0.25, -0.2) is 4.79 Å². The van der Waals surface area contributed by atoms with E-state index in [4.69, 9.17) is 13.9 Å². The van der Waals surface area contributed by atoms with Gasteiger partial charge in [-0.15, -0.1) is 0 Å². The van der Waals surface area contributed by atoms with Crippen LogP contribution in [0.1, 0.15) is 75.5 Å². The summed E-state index contributed by atoms with van der Waals surface area (Å²) in [6, 6.07) is 2.99. The first kappa shape index (κ1) is 19.4. The van der Waals surface area contributed by atoms with Crippen LogP contribution in [0, 0.1) is 5.41 Å². The fourth-order valence-electron chi connectivity index (χ4n) is 1.76. The highest BCUT2D eigenvalue weighted by molar-refractivity contribution is 5.98. The molecule has 1 aromatic rings. The number of carbonyl (C=O) groups is 2. The number of ketones is 1. The maximum Gasteiger partial charge on any atom is 0.374 e. The topological polar surface area (TPSA) is 65.7 Å². The van der Waals surface area contributed by atoms with Crippen molar-refractivity contribution in [2.24, 2.45) is 5.41 Å². The van der Waals surface area contributed by atoms with Crippen molar-refractivity contribution in [3.05, 3.63) is 23.7 Å². The molecule has 0 saturated carbocycles. The van der Waals surface area contributed by atoms with Crippen LogP contribution in [-0.4, -0.2) is 30.6 Å². The van der Waals surface area contributed by atoms with Crippen LogP contribution in [0.25, 0.3) is 0 Å². The summed E-state index contributed by atoms with van der Waals surface area (Å²) in [6.07, 6.45) is 1.53. The summed E-state index contributed by atoms with van der Waals surface area (Å²) < 4.78 is 16.0. The maximum absolute atomic E-state index is 12.1. The van der Waals surface area contributed by atoms with Crippen molar-refractivity contribution in [1.29, 1.82) is 0 Å². The predicted molar refractivity (Wildman–Crippen MR) is 87.7 cm³/mol. The van der Waals surface area contributed by atoms with Crippen LogP contribution in [0.2, 0.25) is 0 Å². The molecule has 0 N–H and O–H groups in total. The summed E-state index contributed by atoms with van der Waals surface area (Å²) in [6.45, 7) is 12.3. The molecule has 0 amide bonds. The van der Waals surface area contributed by atoms with Gasteiger partial charge in [-0.2, -0.15) is 0 Å². The van der Waals surface area contributed by atoms with Crippen LogP contribution in [0.4, 0.5) is 0 Å². The maximum atomic E-state index is 12.1. The third kappa shape index (κ3) is 6.99. The Morgan fingerprint density at radius 1 is 0.957 bits per heavy atom. The van der Waals surface area contributed by atoms with Gasteiger partial charge >= 0.3 is 5.97 Å². The second kappa shape index (κ2) is 7.77. The lowest BCUT2D eigenvalue weighted by Gasteiger charge is -2.19. The Balaban J connectivity index is 2.36. The first-order valence-electron chi connectivity index (χ1n) is 7.96. The molecule has 0 atom stereocenters. The molecular formula is C18H28O5. The number of rotatable bonds is 7. The van der Waals surface area contributed by atoms with Crippen LogP contribution in [0.15, 0.2) is 16.5 Å². The van der Waals surface area contributed by atoms with E-state index in [1.54, 1.807) is 20.8 Å². The molecule has 1 rings (SSSR count). The fourth-order valence-corrected chi connectivity index (χ4v) is 1.76. The fraction of sp³-hybridized carbons (Fsp3) is 0.667. The highest BCUT2D eigenvalue weighted by Crippen LogP contribution is 2.22. The van der Waals surface area contributed by atoms with E-state index < -0.39 is 11.4 Å². The Kier molecular flexibility index (Phi) is 6.57. The highest BCUT2D eigenvalue weighted by Gasteiger charge is 2.26. The van der Waals surface area contributed by atoms with E-state index in [2.05, 4.69) is 0 Å². The van der Waals surface area contributed by atoms with E-state index in [0.717, 1.165) is 12.8 Å². The average molecular weight is 324 g/mol. The standard InChI is InChI=1S/C18H28O5/c1-17(2,3)15(19)13-9-10-14(23-13)16(20)21-11-7-8-12-22-18(4,5)6/h9-10H,7-8,11-12H2,1-6H3. The van der Waals surface area contributed by atoms with Crippen LogP contribution in [0.5, 0.6) is 0 Å². The van der Waals surface area contributed by atoms with Crippen molar-refractivity contribution in [2.75, 3.05) is 13.2 Å². The summed E-state index contributed by atoms with van der Waals surface area (Å²) in [5, 5.41) is 0. The summed E-state index contributed by atoms with van der Waals surface area (Å²) in [4.78, 5) is 23.9. The Morgan fingerprint density at radius 3 is 2.09 bits per heavy atom. The van der Waals surface area contributed by atoms with Crippen molar-refractivity contribution >= 4 is 11.8 Å². The Hall–Kier alpha value is -1.62. The number of unbranched alkanes of at least 4 members (excludes halogenated alkanes) is 1. The monoisotopic (exact) mass is 324 g/mol. The van der Waals surface area contributed by atoms with Crippen molar-refractivity contribution in [1.82, 2.24) is 0 Å². The van der Waals surface area contributed by atoms with E-state index in [1.165, 1.54) is 12.1 Å².